The molecule has 0 aliphatic carbocycles. The molecule has 0 radical (unpaired) electrons. The molecule has 2 rings (SSSR count). The monoisotopic (exact) mass is 396 g/mol. The van der Waals surface area contributed by atoms with Gasteiger partial charge in [-0.15, -0.1) is 12.4 Å². The number of anilines is 1. The van der Waals surface area contributed by atoms with Gasteiger partial charge in [0.1, 0.15) is 0 Å². The molecular weight excluding hydrogens is 376 g/mol. The first-order valence-corrected chi connectivity index (χ1v) is 8.25. The molecule has 124 valence electrons. The van der Waals surface area contributed by atoms with Gasteiger partial charge in [-0.05, 0) is 42.3 Å². The van der Waals surface area contributed by atoms with Crippen molar-refractivity contribution in [2.75, 3.05) is 5.32 Å². The van der Waals surface area contributed by atoms with Gasteiger partial charge in [-0.25, -0.2) is 0 Å². The van der Waals surface area contributed by atoms with Gasteiger partial charge < -0.3 is 10.6 Å². The van der Waals surface area contributed by atoms with Crippen molar-refractivity contribution < 1.29 is 4.79 Å². The summed E-state index contributed by atoms with van der Waals surface area (Å²) >= 11 is 3.44. The predicted molar refractivity (Wildman–Crippen MR) is 102 cm³/mol. The van der Waals surface area contributed by atoms with Crippen molar-refractivity contribution in [1.82, 2.24) is 5.32 Å². The van der Waals surface area contributed by atoms with Crippen LogP contribution in [-0.4, -0.2) is 5.91 Å². The van der Waals surface area contributed by atoms with Crippen LogP contribution in [0.1, 0.15) is 37.4 Å². The first-order chi connectivity index (χ1) is 10.6. The molecular formula is C18H22BrClN2O. The molecule has 0 bridgehead atoms. The highest BCUT2D eigenvalue weighted by Crippen LogP contribution is 2.17. The zero-order valence-electron chi connectivity index (χ0n) is 13.3. The van der Waals surface area contributed by atoms with Crippen molar-refractivity contribution >= 4 is 39.9 Å². The second-order valence-electron chi connectivity index (χ2n) is 5.25. The Morgan fingerprint density at radius 1 is 1.09 bits per heavy atom. The molecule has 2 aromatic carbocycles. The molecule has 2 aromatic rings. The van der Waals surface area contributed by atoms with E-state index in [9.17, 15) is 4.79 Å². The Bertz CT molecular complexity index is 614. The zero-order valence-corrected chi connectivity index (χ0v) is 15.7. The van der Waals surface area contributed by atoms with E-state index in [1.54, 1.807) is 0 Å². The topological polar surface area (TPSA) is 41.1 Å². The normalized spacial score (nSPS) is 11.4. The Kier molecular flexibility index (Phi) is 8.31. The third-order valence-corrected chi connectivity index (χ3v) is 4.07. The highest BCUT2D eigenvalue weighted by molar-refractivity contribution is 9.10. The van der Waals surface area contributed by atoms with E-state index in [0.29, 0.717) is 6.42 Å². The minimum absolute atomic E-state index is 0. The second-order valence-corrected chi connectivity index (χ2v) is 6.17. The van der Waals surface area contributed by atoms with E-state index in [1.165, 1.54) is 11.1 Å². The van der Waals surface area contributed by atoms with Crippen molar-refractivity contribution in [2.45, 2.75) is 32.9 Å². The number of amides is 1. The Morgan fingerprint density at radius 2 is 1.70 bits per heavy atom. The second kappa shape index (κ2) is 9.71. The van der Waals surface area contributed by atoms with E-state index in [2.05, 4.69) is 45.6 Å². The van der Waals surface area contributed by atoms with Gasteiger partial charge in [0.25, 0.3) is 0 Å². The van der Waals surface area contributed by atoms with Gasteiger partial charge in [-0.2, -0.15) is 0 Å². The van der Waals surface area contributed by atoms with Gasteiger partial charge >= 0.3 is 0 Å². The standard InChI is InChI=1S/C18H21BrN2O.ClH/c1-3-18(22)21-17-10-6-15(7-11-17)13(2)20-12-14-4-8-16(19)9-5-14;/h4-11,13,20H,3,12H2,1-2H3,(H,21,22);1H. The number of hydrogen-bond acceptors (Lipinski definition) is 2. The number of benzene rings is 2. The fourth-order valence-corrected chi connectivity index (χ4v) is 2.36. The third kappa shape index (κ3) is 6.34. The van der Waals surface area contributed by atoms with Crippen molar-refractivity contribution in [3.63, 3.8) is 0 Å². The van der Waals surface area contributed by atoms with Crippen LogP contribution in [-0.2, 0) is 11.3 Å². The summed E-state index contributed by atoms with van der Waals surface area (Å²) in [5.74, 6) is 0.0363. The lowest BCUT2D eigenvalue weighted by Gasteiger charge is -2.15. The molecule has 0 spiro atoms. The lowest BCUT2D eigenvalue weighted by molar-refractivity contribution is -0.115. The van der Waals surface area contributed by atoms with E-state index in [1.807, 2.05) is 43.3 Å². The molecule has 0 aromatic heterocycles. The molecule has 23 heavy (non-hydrogen) atoms. The van der Waals surface area contributed by atoms with E-state index >= 15 is 0 Å². The predicted octanol–water partition coefficient (Wildman–Crippen LogP) is 5.07. The van der Waals surface area contributed by atoms with Gasteiger partial charge in [-0.1, -0.05) is 47.1 Å². The molecule has 1 atom stereocenters. The minimum Gasteiger partial charge on any atom is -0.326 e. The summed E-state index contributed by atoms with van der Waals surface area (Å²) in [5.41, 5.74) is 3.30. The van der Waals surface area contributed by atoms with Crippen molar-refractivity contribution in [3.8, 4) is 0 Å². The van der Waals surface area contributed by atoms with Gasteiger partial charge in [0.05, 0.1) is 0 Å². The van der Waals surface area contributed by atoms with Gasteiger partial charge in [0.2, 0.25) is 5.91 Å². The maximum Gasteiger partial charge on any atom is 0.224 e. The van der Waals surface area contributed by atoms with Gasteiger partial charge in [0.15, 0.2) is 0 Å². The lowest BCUT2D eigenvalue weighted by atomic mass is 10.1. The molecule has 3 nitrogen and oxygen atoms in total. The number of halogens is 2. The van der Waals surface area contributed by atoms with Gasteiger partial charge in [-0.3, -0.25) is 4.79 Å². The van der Waals surface area contributed by atoms with Crippen LogP contribution in [0.25, 0.3) is 0 Å². The Labute approximate surface area is 152 Å². The largest absolute Gasteiger partial charge is 0.326 e. The Balaban J connectivity index is 0.00000264. The summed E-state index contributed by atoms with van der Waals surface area (Å²) in [6, 6.07) is 16.5. The first-order valence-electron chi connectivity index (χ1n) is 7.46. The fraction of sp³-hybridized carbons (Fsp3) is 0.278. The minimum atomic E-state index is 0. The first kappa shape index (κ1) is 19.7. The van der Waals surface area contributed by atoms with E-state index in [4.69, 9.17) is 0 Å². The highest BCUT2D eigenvalue weighted by Gasteiger charge is 2.06. The quantitative estimate of drug-likeness (QED) is 0.714. The summed E-state index contributed by atoms with van der Waals surface area (Å²) in [6.07, 6.45) is 0.493. The summed E-state index contributed by atoms with van der Waals surface area (Å²) in [4.78, 5) is 11.4. The van der Waals surface area contributed by atoms with Crippen molar-refractivity contribution in [1.29, 1.82) is 0 Å². The maximum atomic E-state index is 11.4. The summed E-state index contributed by atoms with van der Waals surface area (Å²) < 4.78 is 1.09. The Hall–Kier alpha value is -1.36. The molecule has 0 aliphatic rings. The maximum absolute atomic E-state index is 11.4. The van der Waals surface area contributed by atoms with Crippen LogP contribution in [0, 0.1) is 0 Å². The summed E-state index contributed by atoms with van der Waals surface area (Å²) in [5, 5.41) is 6.36. The Morgan fingerprint density at radius 3 is 2.26 bits per heavy atom. The van der Waals surface area contributed by atoms with E-state index in [0.717, 1.165) is 16.7 Å². The summed E-state index contributed by atoms with van der Waals surface area (Å²) in [6.45, 7) is 4.80. The fourth-order valence-electron chi connectivity index (χ4n) is 2.10. The van der Waals surface area contributed by atoms with Crippen LogP contribution in [0.2, 0.25) is 0 Å². The van der Waals surface area contributed by atoms with Gasteiger partial charge in [0, 0.05) is 29.2 Å². The van der Waals surface area contributed by atoms with Crippen LogP contribution < -0.4 is 10.6 Å². The van der Waals surface area contributed by atoms with Crippen LogP contribution in [0.5, 0.6) is 0 Å². The van der Waals surface area contributed by atoms with Crippen LogP contribution >= 0.6 is 28.3 Å². The molecule has 1 amide bonds. The van der Waals surface area contributed by atoms with Crippen molar-refractivity contribution in [2.24, 2.45) is 0 Å². The number of nitrogens with one attached hydrogen (secondary N) is 2. The third-order valence-electron chi connectivity index (χ3n) is 3.54. The smallest absolute Gasteiger partial charge is 0.224 e. The number of carbonyl (C=O) groups excluding carboxylic acids is 1. The average Bonchev–Trinajstić information content (AvgIpc) is 2.54. The van der Waals surface area contributed by atoms with Crippen LogP contribution in [0.4, 0.5) is 5.69 Å². The number of hydrogen-bond donors (Lipinski definition) is 2. The SMILES string of the molecule is CCC(=O)Nc1ccc(C(C)NCc2ccc(Br)cc2)cc1.Cl. The molecule has 0 aliphatic heterocycles. The zero-order chi connectivity index (χ0) is 15.9. The average molecular weight is 398 g/mol. The molecule has 5 heteroatoms. The molecule has 0 fully saturated rings. The van der Waals surface area contributed by atoms with Crippen LogP contribution in [0.3, 0.4) is 0 Å². The molecule has 2 N–H and O–H groups in total. The molecule has 0 saturated carbocycles. The highest BCUT2D eigenvalue weighted by atomic mass is 79.9. The molecule has 1 unspecified atom stereocenters. The van der Waals surface area contributed by atoms with E-state index < -0.39 is 0 Å². The van der Waals surface area contributed by atoms with Crippen molar-refractivity contribution in [3.05, 3.63) is 64.1 Å². The van der Waals surface area contributed by atoms with E-state index in [-0.39, 0.29) is 24.4 Å². The van der Waals surface area contributed by atoms with Crippen LogP contribution in [0.15, 0.2) is 53.0 Å². The molecule has 0 saturated heterocycles. The number of carbonyl (C=O) groups is 1. The number of rotatable bonds is 6. The lowest BCUT2D eigenvalue weighted by Crippen LogP contribution is -2.18. The molecule has 0 heterocycles. The summed E-state index contributed by atoms with van der Waals surface area (Å²) in [7, 11) is 0.